The summed E-state index contributed by atoms with van der Waals surface area (Å²) in [5, 5.41) is 15.6. The van der Waals surface area contributed by atoms with Crippen molar-refractivity contribution in [2.75, 3.05) is 36.4 Å². The molecular weight excluding hydrogens is 397 g/mol. The summed E-state index contributed by atoms with van der Waals surface area (Å²) in [4.78, 5) is 17.2. The van der Waals surface area contributed by atoms with Crippen molar-refractivity contribution in [2.45, 2.75) is 13.0 Å². The Hall–Kier alpha value is -3.70. The van der Waals surface area contributed by atoms with E-state index in [2.05, 4.69) is 15.4 Å². The molecule has 2 aromatic carbocycles. The van der Waals surface area contributed by atoms with Crippen molar-refractivity contribution in [3.63, 3.8) is 0 Å². The second-order valence-electron chi connectivity index (χ2n) is 7.43. The average Bonchev–Trinajstić information content (AvgIpc) is 3.19. The third-order valence-corrected chi connectivity index (χ3v) is 5.34. The molecule has 158 valence electrons. The number of halogens is 1. The minimum atomic E-state index is -0.508. The highest BCUT2D eigenvalue weighted by Gasteiger charge is 2.31. The average molecular weight is 419 g/mol. The topological polar surface area (TPSA) is 85.4 Å². The molecule has 1 aromatic heterocycles. The molecule has 1 N–H and O–H groups in total. The molecule has 0 aliphatic carbocycles. The van der Waals surface area contributed by atoms with Crippen molar-refractivity contribution in [3.05, 3.63) is 77.3 Å². The predicted molar refractivity (Wildman–Crippen MR) is 114 cm³/mol. The van der Waals surface area contributed by atoms with E-state index in [1.807, 2.05) is 41.3 Å². The second kappa shape index (κ2) is 8.98. The van der Waals surface area contributed by atoms with Crippen LogP contribution in [0.15, 0.2) is 59.1 Å². The van der Waals surface area contributed by atoms with Crippen LogP contribution in [0, 0.1) is 24.1 Å². The van der Waals surface area contributed by atoms with Crippen LogP contribution in [0.5, 0.6) is 0 Å². The van der Waals surface area contributed by atoms with Gasteiger partial charge in [0.15, 0.2) is 5.82 Å². The second-order valence-corrected chi connectivity index (χ2v) is 7.43. The molecule has 31 heavy (non-hydrogen) atoms. The Morgan fingerprint density at radius 2 is 1.90 bits per heavy atom. The van der Waals surface area contributed by atoms with Crippen LogP contribution in [0.25, 0.3) is 0 Å². The fraction of sp³-hybridized carbons (Fsp3) is 0.261. The number of aryl methyl sites for hydroxylation is 1. The van der Waals surface area contributed by atoms with E-state index in [1.165, 1.54) is 6.07 Å². The highest BCUT2D eigenvalue weighted by Crippen LogP contribution is 2.27. The molecule has 1 amide bonds. The number of aromatic nitrogens is 1. The Balaban J connectivity index is 1.51. The third kappa shape index (κ3) is 4.57. The van der Waals surface area contributed by atoms with Gasteiger partial charge in [0.05, 0.1) is 17.3 Å². The first-order valence-corrected chi connectivity index (χ1v) is 10.0. The number of carbonyl (C=O) groups excluding carboxylic acids is 1. The molecule has 0 bridgehead atoms. The number of hydrogen-bond acceptors (Lipinski definition) is 6. The van der Waals surface area contributed by atoms with Gasteiger partial charge in [0.2, 0.25) is 5.91 Å². The normalized spacial score (nSPS) is 15.3. The van der Waals surface area contributed by atoms with Crippen LogP contribution < -0.4 is 10.2 Å². The predicted octanol–water partition coefficient (Wildman–Crippen LogP) is 3.50. The minimum absolute atomic E-state index is 0.197. The molecule has 0 radical (unpaired) electrons. The van der Waals surface area contributed by atoms with Gasteiger partial charge in [-0.2, -0.15) is 5.26 Å². The molecule has 1 saturated heterocycles. The first-order chi connectivity index (χ1) is 15.0. The lowest BCUT2D eigenvalue weighted by Gasteiger charge is -2.39. The lowest BCUT2D eigenvalue weighted by Crippen LogP contribution is -2.50. The van der Waals surface area contributed by atoms with Gasteiger partial charge in [-0.15, -0.1) is 0 Å². The molecule has 3 aromatic rings. The number of nitriles is 1. The summed E-state index contributed by atoms with van der Waals surface area (Å²) in [7, 11) is 0. The maximum atomic E-state index is 14.4. The van der Waals surface area contributed by atoms with Crippen LogP contribution in [0.1, 0.15) is 22.9 Å². The van der Waals surface area contributed by atoms with E-state index in [4.69, 9.17) is 9.78 Å². The van der Waals surface area contributed by atoms with Crippen molar-refractivity contribution in [3.8, 4) is 6.07 Å². The number of nitrogens with one attached hydrogen (secondary N) is 1. The molecule has 8 heteroatoms. The van der Waals surface area contributed by atoms with Crippen LogP contribution in [0.2, 0.25) is 0 Å². The number of piperazine rings is 1. The summed E-state index contributed by atoms with van der Waals surface area (Å²) in [6.45, 7) is 4.03. The maximum absolute atomic E-state index is 14.4. The van der Waals surface area contributed by atoms with Crippen LogP contribution in [-0.4, -0.2) is 42.1 Å². The fourth-order valence-electron chi connectivity index (χ4n) is 3.84. The van der Waals surface area contributed by atoms with Crippen LogP contribution >= 0.6 is 0 Å². The lowest BCUT2D eigenvalue weighted by atomic mass is 10.0. The number of rotatable bonds is 5. The van der Waals surface area contributed by atoms with E-state index >= 15 is 0 Å². The first kappa shape index (κ1) is 20.6. The van der Waals surface area contributed by atoms with E-state index < -0.39 is 11.9 Å². The SMILES string of the molecule is Cc1cc(NC(=O)C(c2ccccc2)N2CCN(c3ccc(C#N)cc3F)CC2)no1. The van der Waals surface area contributed by atoms with Crippen LogP contribution in [0.3, 0.4) is 0 Å². The highest BCUT2D eigenvalue weighted by molar-refractivity contribution is 5.94. The van der Waals surface area contributed by atoms with E-state index in [0.29, 0.717) is 49.0 Å². The van der Waals surface area contributed by atoms with Crippen molar-refractivity contribution in [2.24, 2.45) is 0 Å². The van der Waals surface area contributed by atoms with E-state index in [0.717, 1.165) is 5.56 Å². The van der Waals surface area contributed by atoms with Gasteiger partial charge in [0, 0.05) is 32.2 Å². The van der Waals surface area contributed by atoms with Gasteiger partial charge in [-0.3, -0.25) is 9.69 Å². The largest absolute Gasteiger partial charge is 0.367 e. The Morgan fingerprint density at radius 3 is 2.52 bits per heavy atom. The summed E-state index contributed by atoms with van der Waals surface area (Å²) in [6.07, 6.45) is 0. The number of anilines is 2. The summed E-state index contributed by atoms with van der Waals surface area (Å²) in [5.41, 5.74) is 1.64. The zero-order chi connectivity index (χ0) is 21.8. The Kier molecular flexibility index (Phi) is 5.96. The first-order valence-electron chi connectivity index (χ1n) is 10.0. The number of nitrogens with zero attached hydrogens (tertiary/aromatic N) is 4. The molecule has 7 nitrogen and oxygen atoms in total. The summed E-state index contributed by atoms with van der Waals surface area (Å²) >= 11 is 0. The Morgan fingerprint density at radius 1 is 1.16 bits per heavy atom. The molecule has 1 aliphatic heterocycles. The number of benzene rings is 2. The highest BCUT2D eigenvalue weighted by atomic mass is 19.1. The van der Waals surface area contributed by atoms with E-state index in [-0.39, 0.29) is 5.91 Å². The van der Waals surface area contributed by atoms with Crippen molar-refractivity contribution in [1.29, 1.82) is 5.26 Å². The standard InChI is InChI=1S/C23H22FN5O2/c1-16-13-21(27-31-16)26-23(30)22(18-5-3-2-4-6-18)29-11-9-28(10-12-29)20-8-7-17(15-25)14-19(20)24/h2-8,13-14,22H,9-12H2,1H3,(H,26,27,30). The fourth-order valence-corrected chi connectivity index (χ4v) is 3.84. The Labute approximate surface area is 179 Å². The number of amides is 1. The lowest BCUT2D eigenvalue weighted by molar-refractivity contribution is -0.121. The van der Waals surface area contributed by atoms with Gasteiger partial charge < -0.3 is 14.7 Å². The van der Waals surface area contributed by atoms with Gasteiger partial charge in [0.1, 0.15) is 17.6 Å². The number of carbonyl (C=O) groups is 1. The smallest absolute Gasteiger partial charge is 0.247 e. The summed E-state index contributed by atoms with van der Waals surface area (Å²) in [6, 6.07) is 17.2. The molecule has 1 atom stereocenters. The van der Waals surface area contributed by atoms with Crippen molar-refractivity contribution in [1.82, 2.24) is 10.1 Å². The minimum Gasteiger partial charge on any atom is -0.367 e. The van der Waals surface area contributed by atoms with Gasteiger partial charge in [-0.05, 0) is 30.7 Å². The molecular formula is C23H22FN5O2. The molecule has 4 rings (SSSR count). The zero-order valence-electron chi connectivity index (χ0n) is 17.1. The number of hydrogen-bond donors (Lipinski definition) is 1. The quantitative estimate of drug-likeness (QED) is 0.681. The van der Waals surface area contributed by atoms with Gasteiger partial charge in [-0.25, -0.2) is 4.39 Å². The van der Waals surface area contributed by atoms with Crippen LogP contribution in [0.4, 0.5) is 15.9 Å². The zero-order valence-corrected chi connectivity index (χ0v) is 17.1. The summed E-state index contributed by atoms with van der Waals surface area (Å²) in [5.74, 6) is 0.384. The van der Waals surface area contributed by atoms with Crippen molar-refractivity contribution < 1.29 is 13.7 Å². The molecule has 0 spiro atoms. The van der Waals surface area contributed by atoms with E-state index in [9.17, 15) is 9.18 Å². The molecule has 1 aliphatic rings. The van der Waals surface area contributed by atoms with Gasteiger partial charge in [-0.1, -0.05) is 35.5 Å². The molecule has 0 saturated carbocycles. The monoisotopic (exact) mass is 419 g/mol. The molecule has 2 heterocycles. The van der Waals surface area contributed by atoms with Crippen LogP contribution in [-0.2, 0) is 4.79 Å². The third-order valence-electron chi connectivity index (χ3n) is 5.34. The van der Waals surface area contributed by atoms with Gasteiger partial charge in [0.25, 0.3) is 0 Å². The summed E-state index contributed by atoms with van der Waals surface area (Å²) < 4.78 is 19.5. The van der Waals surface area contributed by atoms with Gasteiger partial charge >= 0.3 is 0 Å². The maximum Gasteiger partial charge on any atom is 0.247 e. The Bertz CT molecular complexity index is 1100. The van der Waals surface area contributed by atoms with E-state index in [1.54, 1.807) is 25.1 Å². The molecule has 1 unspecified atom stereocenters. The molecule has 1 fully saturated rings. The van der Waals surface area contributed by atoms with Crippen molar-refractivity contribution >= 4 is 17.4 Å².